The Hall–Kier alpha value is -2.14. The molecule has 0 bridgehead atoms. The quantitative estimate of drug-likeness (QED) is 0.855. The first-order valence-electron chi connectivity index (χ1n) is 7.17. The smallest absolute Gasteiger partial charge is 0.273 e. The first-order valence-corrected chi connectivity index (χ1v) is 7.17. The van der Waals surface area contributed by atoms with Gasteiger partial charge in [0.25, 0.3) is 5.91 Å². The Kier molecular flexibility index (Phi) is 4.75. The molecule has 1 amide bonds. The average Bonchev–Trinajstić information content (AvgIpc) is 3.04. The minimum Gasteiger partial charge on any atom is -0.444 e. The Morgan fingerprint density at radius 2 is 1.95 bits per heavy atom. The molecule has 2 rings (SSSR count). The lowest BCUT2D eigenvalue weighted by Gasteiger charge is -2.30. The van der Waals surface area contributed by atoms with E-state index in [4.69, 9.17) is 10.2 Å². The van der Waals surface area contributed by atoms with Crippen molar-refractivity contribution in [3.05, 3.63) is 42.3 Å². The third-order valence-corrected chi connectivity index (χ3v) is 3.88. The highest BCUT2D eigenvalue weighted by molar-refractivity contribution is 5.93. The molecule has 21 heavy (non-hydrogen) atoms. The molecule has 0 saturated carbocycles. The van der Waals surface area contributed by atoms with Gasteiger partial charge in [-0.1, -0.05) is 32.0 Å². The Labute approximate surface area is 124 Å². The summed E-state index contributed by atoms with van der Waals surface area (Å²) in [6, 6.07) is 9.48. The van der Waals surface area contributed by atoms with E-state index in [1.165, 1.54) is 6.26 Å². The predicted molar refractivity (Wildman–Crippen MR) is 81.8 cm³/mol. The maximum Gasteiger partial charge on any atom is 0.273 e. The van der Waals surface area contributed by atoms with Crippen LogP contribution in [0.5, 0.6) is 0 Å². The standard InChI is InChI=1S/C16H21N3O2/c1-3-16(4-2,11-17)19-14(20)13-10-21-15(18-13)12-8-6-5-7-9-12/h5-10H,3-4,11,17H2,1-2H3,(H,19,20). The highest BCUT2D eigenvalue weighted by Gasteiger charge is 2.28. The highest BCUT2D eigenvalue weighted by atomic mass is 16.3. The molecule has 5 nitrogen and oxygen atoms in total. The Bertz CT molecular complexity index is 580. The lowest BCUT2D eigenvalue weighted by Crippen LogP contribution is -2.52. The first-order chi connectivity index (χ1) is 10.1. The van der Waals surface area contributed by atoms with Crippen LogP contribution in [0.3, 0.4) is 0 Å². The lowest BCUT2D eigenvalue weighted by molar-refractivity contribution is 0.0890. The molecule has 1 aromatic heterocycles. The van der Waals surface area contributed by atoms with Gasteiger partial charge in [0.1, 0.15) is 6.26 Å². The average molecular weight is 287 g/mol. The zero-order chi connectivity index (χ0) is 15.3. The first kappa shape index (κ1) is 15.3. The summed E-state index contributed by atoms with van der Waals surface area (Å²) in [5.41, 5.74) is 6.52. The van der Waals surface area contributed by atoms with Crippen LogP contribution in [0.25, 0.3) is 11.5 Å². The number of rotatable bonds is 6. The fourth-order valence-corrected chi connectivity index (χ4v) is 2.16. The van der Waals surface area contributed by atoms with Crippen LogP contribution in [0, 0.1) is 0 Å². The van der Waals surface area contributed by atoms with E-state index in [2.05, 4.69) is 10.3 Å². The molecule has 112 valence electrons. The van der Waals surface area contributed by atoms with Crippen molar-refractivity contribution in [2.24, 2.45) is 5.73 Å². The van der Waals surface area contributed by atoms with E-state index in [1.54, 1.807) is 0 Å². The summed E-state index contributed by atoms with van der Waals surface area (Å²) >= 11 is 0. The van der Waals surface area contributed by atoms with Crippen molar-refractivity contribution in [3.63, 3.8) is 0 Å². The van der Waals surface area contributed by atoms with Crippen LogP contribution in [-0.2, 0) is 0 Å². The molecule has 0 saturated heterocycles. The number of nitrogens with two attached hydrogens (primary N) is 1. The van der Waals surface area contributed by atoms with Gasteiger partial charge in [-0.15, -0.1) is 0 Å². The van der Waals surface area contributed by atoms with Gasteiger partial charge in [-0.25, -0.2) is 4.98 Å². The van der Waals surface area contributed by atoms with Crippen molar-refractivity contribution in [1.29, 1.82) is 0 Å². The number of carbonyl (C=O) groups is 1. The summed E-state index contributed by atoms with van der Waals surface area (Å²) < 4.78 is 5.38. The van der Waals surface area contributed by atoms with E-state index in [9.17, 15) is 4.79 Å². The topological polar surface area (TPSA) is 81.1 Å². The van der Waals surface area contributed by atoms with Gasteiger partial charge < -0.3 is 15.5 Å². The molecule has 0 radical (unpaired) electrons. The van der Waals surface area contributed by atoms with Crippen LogP contribution >= 0.6 is 0 Å². The fraction of sp³-hybridized carbons (Fsp3) is 0.375. The molecular formula is C16H21N3O2. The van der Waals surface area contributed by atoms with Gasteiger partial charge >= 0.3 is 0 Å². The number of benzene rings is 1. The van der Waals surface area contributed by atoms with Crippen LogP contribution in [0.15, 0.2) is 41.0 Å². The largest absolute Gasteiger partial charge is 0.444 e. The van der Waals surface area contributed by atoms with E-state index >= 15 is 0 Å². The molecule has 1 aromatic carbocycles. The summed E-state index contributed by atoms with van der Waals surface area (Å²) in [7, 11) is 0. The van der Waals surface area contributed by atoms with Crippen molar-refractivity contribution in [3.8, 4) is 11.5 Å². The minimum absolute atomic E-state index is 0.255. The second kappa shape index (κ2) is 6.54. The summed E-state index contributed by atoms with van der Waals surface area (Å²) in [4.78, 5) is 16.5. The number of carbonyl (C=O) groups excluding carboxylic acids is 1. The van der Waals surface area contributed by atoms with Crippen LogP contribution in [-0.4, -0.2) is 23.0 Å². The van der Waals surface area contributed by atoms with E-state index in [0.29, 0.717) is 12.4 Å². The van der Waals surface area contributed by atoms with Crippen molar-refractivity contribution in [2.75, 3.05) is 6.54 Å². The summed E-state index contributed by atoms with van der Waals surface area (Å²) in [6.45, 7) is 4.42. The van der Waals surface area contributed by atoms with Gasteiger partial charge in [0, 0.05) is 12.1 Å². The van der Waals surface area contributed by atoms with Crippen LogP contribution in [0.4, 0.5) is 0 Å². The molecule has 0 aliphatic carbocycles. The third kappa shape index (κ3) is 3.31. The fourth-order valence-electron chi connectivity index (χ4n) is 2.16. The molecule has 0 atom stereocenters. The number of nitrogens with one attached hydrogen (secondary N) is 1. The predicted octanol–water partition coefficient (Wildman–Crippen LogP) is 2.59. The van der Waals surface area contributed by atoms with E-state index in [1.807, 2.05) is 44.2 Å². The number of hydrogen-bond acceptors (Lipinski definition) is 4. The normalized spacial score (nSPS) is 11.4. The van der Waals surface area contributed by atoms with Crippen LogP contribution < -0.4 is 11.1 Å². The van der Waals surface area contributed by atoms with Gasteiger partial charge in [0.15, 0.2) is 5.69 Å². The SMILES string of the molecule is CCC(CC)(CN)NC(=O)c1coc(-c2ccccc2)n1. The second-order valence-electron chi connectivity index (χ2n) is 5.05. The van der Waals surface area contributed by atoms with Crippen molar-refractivity contribution >= 4 is 5.91 Å². The molecule has 3 N–H and O–H groups in total. The number of nitrogens with zero attached hydrogens (tertiary/aromatic N) is 1. The number of hydrogen-bond donors (Lipinski definition) is 2. The molecular weight excluding hydrogens is 266 g/mol. The van der Waals surface area contributed by atoms with E-state index in [-0.39, 0.29) is 17.1 Å². The van der Waals surface area contributed by atoms with Crippen LogP contribution in [0.1, 0.15) is 37.2 Å². The van der Waals surface area contributed by atoms with Crippen molar-refractivity contribution in [1.82, 2.24) is 10.3 Å². The van der Waals surface area contributed by atoms with Gasteiger partial charge in [0.05, 0.1) is 5.54 Å². The van der Waals surface area contributed by atoms with E-state index in [0.717, 1.165) is 18.4 Å². The minimum atomic E-state index is -0.386. The Morgan fingerprint density at radius 1 is 1.29 bits per heavy atom. The molecule has 1 heterocycles. The van der Waals surface area contributed by atoms with E-state index < -0.39 is 0 Å². The zero-order valence-corrected chi connectivity index (χ0v) is 12.4. The maximum absolute atomic E-state index is 12.3. The number of aromatic nitrogens is 1. The Balaban J connectivity index is 2.16. The molecule has 0 unspecified atom stereocenters. The third-order valence-electron chi connectivity index (χ3n) is 3.88. The van der Waals surface area contributed by atoms with Gasteiger partial charge in [0.2, 0.25) is 5.89 Å². The molecule has 0 aliphatic rings. The zero-order valence-electron chi connectivity index (χ0n) is 12.4. The maximum atomic E-state index is 12.3. The van der Waals surface area contributed by atoms with Crippen molar-refractivity contribution in [2.45, 2.75) is 32.2 Å². The summed E-state index contributed by atoms with van der Waals surface area (Å²) in [6.07, 6.45) is 2.93. The summed E-state index contributed by atoms with van der Waals surface area (Å²) in [5, 5.41) is 2.97. The molecule has 0 fully saturated rings. The number of amides is 1. The van der Waals surface area contributed by atoms with Gasteiger partial charge in [-0.3, -0.25) is 4.79 Å². The second-order valence-corrected chi connectivity index (χ2v) is 5.05. The molecule has 0 aliphatic heterocycles. The summed E-state index contributed by atoms with van der Waals surface area (Å²) in [5.74, 6) is 0.183. The highest BCUT2D eigenvalue weighted by Crippen LogP contribution is 2.19. The van der Waals surface area contributed by atoms with Gasteiger partial charge in [-0.2, -0.15) is 0 Å². The van der Waals surface area contributed by atoms with Gasteiger partial charge in [-0.05, 0) is 25.0 Å². The van der Waals surface area contributed by atoms with Crippen molar-refractivity contribution < 1.29 is 9.21 Å². The Morgan fingerprint density at radius 3 is 2.52 bits per heavy atom. The molecule has 5 heteroatoms. The lowest BCUT2D eigenvalue weighted by atomic mass is 9.93. The number of oxazole rings is 1. The van der Waals surface area contributed by atoms with Crippen LogP contribution in [0.2, 0.25) is 0 Å². The molecule has 2 aromatic rings. The monoisotopic (exact) mass is 287 g/mol. The molecule has 0 spiro atoms.